The maximum Gasteiger partial charge on any atom is 0.173 e. The van der Waals surface area contributed by atoms with Crippen LogP contribution in [0.4, 0.5) is 0 Å². The molecule has 3 aliphatic rings. The second kappa shape index (κ2) is 4.95. The van der Waals surface area contributed by atoms with Crippen LogP contribution < -0.4 is 0 Å². The summed E-state index contributed by atoms with van der Waals surface area (Å²) in [5, 5.41) is 0. The van der Waals surface area contributed by atoms with Gasteiger partial charge in [0.2, 0.25) is 0 Å². The molecule has 1 nitrogen and oxygen atoms in total. The lowest BCUT2D eigenvalue weighted by atomic mass is 9.80. The molecule has 3 fully saturated rings. The Morgan fingerprint density at radius 2 is 1.80 bits per heavy atom. The third-order valence-electron chi connectivity index (χ3n) is 6.54. The molecular weight excluding hydrogens is 276 g/mol. The fraction of sp³-hybridized carbons (Fsp3) is 1.00. The van der Waals surface area contributed by atoms with Crippen molar-refractivity contribution < 1.29 is 4.12 Å². The Morgan fingerprint density at radius 1 is 1.10 bits per heavy atom. The second-order valence-electron chi connectivity index (χ2n) is 9.24. The highest BCUT2D eigenvalue weighted by atomic mass is 28.4. The minimum absolute atomic E-state index is 0.791. The van der Waals surface area contributed by atoms with E-state index < -0.39 is 16.6 Å². The first kappa shape index (κ1) is 15.3. The quantitative estimate of drug-likeness (QED) is 0.552. The molecule has 0 aliphatic heterocycles. The van der Waals surface area contributed by atoms with Gasteiger partial charge in [-0.3, -0.25) is 0 Å². The van der Waals surface area contributed by atoms with E-state index in [4.69, 9.17) is 4.12 Å². The SMILES string of the molecule is CCC[Si](C)(C)O[Si](C)(C)CCC12CCC(C1)C1CC12. The molecule has 3 heteroatoms. The van der Waals surface area contributed by atoms with Gasteiger partial charge in [-0.25, -0.2) is 0 Å². The Hall–Kier alpha value is 0.394. The van der Waals surface area contributed by atoms with E-state index in [0.717, 1.165) is 17.3 Å². The van der Waals surface area contributed by atoms with Crippen LogP contribution in [0.15, 0.2) is 0 Å². The minimum Gasteiger partial charge on any atom is -0.455 e. The van der Waals surface area contributed by atoms with Crippen LogP contribution in [0.25, 0.3) is 0 Å². The molecule has 4 unspecified atom stereocenters. The molecule has 0 aromatic heterocycles. The number of fused-ring (bicyclic) bond motifs is 5. The van der Waals surface area contributed by atoms with Crippen LogP contribution in [-0.2, 0) is 4.12 Å². The number of hydrogen-bond acceptors (Lipinski definition) is 1. The van der Waals surface area contributed by atoms with E-state index in [1.54, 1.807) is 25.7 Å². The average molecular weight is 311 g/mol. The third kappa shape index (κ3) is 2.82. The lowest BCUT2D eigenvalue weighted by Crippen LogP contribution is -2.44. The largest absolute Gasteiger partial charge is 0.455 e. The van der Waals surface area contributed by atoms with Crippen LogP contribution in [0, 0.1) is 23.2 Å². The maximum atomic E-state index is 6.76. The van der Waals surface area contributed by atoms with Gasteiger partial charge in [0.25, 0.3) is 0 Å². The highest BCUT2D eigenvalue weighted by Crippen LogP contribution is 2.73. The van der Waals surface area contributed by atoms with E-state index in [2.05, 4.69) is 33.1 Å². The maximum absolute atomic E-state index is 6.76. The lowest BCUT2D eigenvalue weighted by molar-refractivity contribution is 0.245. The van der Waals surface area contributed by atoms with E-state index in [9.17, 15) is 0 Å². The second-order valence-corrected chi connectivity index (χ2v) is 18.1. The topological polar surface area (TPSA) is 9.23 Å². The first-order chi connectivity index (χ1) is 9.27. The molecule has 0 heterocycles. The number of hydrogen-bond donors (Lipinski definition) is 0. The first-order valence-corrected chi connectivity index (χ1v) is 15.2. The molecule has 0 aromatic carbocycles. The van der Waals surface area contributed by atoms with Crippen LogP contribution in [0.3, 0.4) is 0 Å². The lowest BCUT2D eigenvalue weighted by Gasteiger charge is -2.37. The van der Waals surface area contributed by atoms with Gasteiger partial charge < -0.3 is 4.12 Å². The predicted octanol–water partition coefficient (Wildman–Crippen LogP) is 5.65. The van der Waals surface area contributed by atoms with Gasteiger partial charge in [0, 0.05) is 0 Å². The Bertz CT molecular complexity index is 379. The van der Waals surface area contributed by atoms with E-state index in [1.165, 1.54) is 30.8 Å². The van der Waals surface area contributed by atoms with E-state index in [-0.39, 0.29) is 0 Å². The molecule has 0 spiro atoms. The van der Waals surface area contributed by atoms with Crippen molar-refractivity contribution in [2.45, 2.75) is 83.7 Å². The minimum atomic E-state index is -1.44. The summed E-state index contributed by atoms with van der Waals surface area (Å²) in [5.41, 5.74) is 0.791. The van der Waals surface area contributed by atoms with Crippen LogP contribution >= 0.6 is 0 Å². The predicted molar refractivity (Wildman–Crippen MR) is 91.9 cm³/mol. The molecule has 0 N–H and O–H groups in total. The summed E-state index contributed by atoms with van der Waals surface area (Å²) in [7, 11) is -2.82. The standard InChI is InChI=1S/C17H34OSi2/c1-6-10-19(2,3)18-20(4,5)11-9-17-8-7-14(13-17)15-12-16(15)17/h14-16H,6-13H2,1-5H3. The van der Waals surface area contributed by atoms with Crippen LogP contribution in [0.2, 0.25) is 38.3 Å². The summed E-state index contributed by atoms with van der Waals surface area (Å²) in [4.78, 5) is 0. The van der Waals surface area contributed by atoms with Crippen molar-refractivity contribution in [1.29, 1.82) is 0 Å². The van der Waals surface area contributed by atoms with Gasteiger partial charge in [-0.05, 0) is 93.5 Å². The summed E-state index contributed by atoms with van der Waals surface area (Å²) in [6.45, 7) is 12.1. The summed E-state index contributed by atoms with van der Waals surface area (Å²) >= 11 is 0. The van der Waals surface area contributed by atoms with Crippen molar-refractivity contribution in [2.75, 3.05) is 0 Å². The zero-order chi connectivity index (χ0) is 14.6. The van der Waals surface area contributed by atoms with Gasteiger partial charge in [0.1, 0.15) is 0 Å². The Kier molecular flexibility index (Phi) is 3.79. The van der Waals surface area contributed by atoms with E-state index in [0.29, 0.717) is 0 Å². The molecule has 2 bridgehead atoms. The molecule has 3 saturated carbocycles. The van der Waals surface area contributed by atoms with Gasteiger partial charge in [-0.2, -0.15) is 0 Å². The molecular formula is C17H34OSi2. The number of rotatable bonds is 7. The van der Waals surface area contributed by atoms with E-state index >= 15 is 0 Å². The highest BCUT2D eigenvalue weighted by molar-refractivity contribution is 6.84. The van der Waals surface area contributed by atoms with Crippen LogP contribution in [0.1, 0.15) is 45.4 Å². The Morgan fingerprint density at radius 3 is 2.40 bits per heavy atom. The smallest absolute Gasteiger partial charge is 0.173 e. The van der Waals surface area contributed by atoms with Gasteiger partial charge in [0.05, 0.1) is 0 Å². The van der Waals surface area contributed by atoms with Crippen molar-refractivity contribution in [1.82, 2.24) is 0 Å². The Balaban J connectivity index is 1.55. The summed E-state index contributed by atoms with van der Waals surface area (Å²) in [5.74, 6) is 3.45. The van der Waals surface area contributed by atoms with Crippen molar-refractivity contribution in [3.63, 3.8) is 0 Å². The van der Waals surface area contributed by atoms with E-state index in [1.807, 2.05) is 0 Å². The fourth-order valence-electron chi connectivity index (χ4n) is 5.76. The Labute approximate surface area is 128 Å². The van der Waals surface area contributed by atoms with Crippen LogP contribution in [-0.4, -0.2) is 16.6 Å². The molecule has 116 valence electrons. The molecule has 0 saturated heterocycles. The van der Waals surface area contributed by atoms with Crippen molar-refractivity contribution in [2.24, 2.45) is 23.2 Å². The average Bonchev–Trinajstić information content (AvgIpc) is 2.96. The fourth-order valence-corrected chi connectivity index (χ4v) is 14.9. The van der Waals surface area contributed by atoms with Crippen molar-refractivity contribution in [3.05, 3.63) is 0 Å². The molecule has 3 aliphatic carbocycles. The van der Waals surface area contributed by atoms with Crippen molar-refractivity contribution in [3.8, 4) is 0 Å². The summed E-state index contributed by atoms with van der Waals surface area (Å²) in [6.07, 6.45) is 9.07. The summed E-state index contributed by atoms with van der Waals surface area (Å²) in [6, 6.07) is 2.75. The van der Waals surface area contributed by atoms with Gasteiger partial charge in [-0.1, -0.05) is 13.3 Å². The van der Waals surface area contributed by atoms with Gasteiger partial charge in [0.15, 0.2) is 16.6 Å². The first-order valence-electron chi connectivity index (χ1n) is 8.97. The molecule has 0 amide bonds. The molecule has 0 radical (unpaired) electrons. The highest BCUT2D eigenvalue weighted by Gasteiger charge is 2.65. The zero-order valence-corrected chi connectivity index (χ0v) is 16.3. The van der Waals surface area contributed by atoms with Gasteiger partial charge >= 0.3 is 0 Å². The molecule has 4 atom stereocenters. The zero-order valence-electron chi connectivity index (χ0n) is 14.3. The van der Waals surface area contributed by atoms with Crippen molar-refractivity contribution >= 4 is 16.6 Å². The monoisotopic (exact) mass is 310 g/mol. The molecule has 20 heavy (non-hydrogen) atoms. The van der Waals surface area contributed by atoms with Gasteiger partial charge in [-0.15, -0.1) is 0 Å². The third-order valence-corrected chi connectivity index (χ3v) is 14.1. The van der Waals surface area contributed by atoms with Crippen LogP contribution in [0.5, 0.6) is 0 Å². The normalized spacial score (nSPS) is 39.1. The summed E-state index contributed by atoms with van der Waals surface area (Å²) < 4.78 is 6.76. The molecule has 0 aromatic rings. The molecule has 3 rings (SSSR count).